The smallest absolute Gasteiger partial charge is 0.412 e. The van der Waals surface area contributed by atoms with Crippen LogP contribution < -0.4 is 5.32 Å². The van der Waals surface area contributed by atoms with Crippen LogP contribution in [0.4, 0.5) is 10.5 Å². The standard InChI is InChI=1S/C19H19NO5S/c1-26-16-11-7-14(8-12-16)20-19(24)25-17(3-2-4-18(22)23)13-5-9-15(21)10-6-13/h2,4-12,17,21H,3H2,1H3,(H,20,24)(H,22,23)/b4-2+/t17-/m1/s1. The van der Waals surface area contributed by atoms with E-state index in [1.807, 2.05) is 18.4 Å². The molecule has 3 N–H and O–H groups in total. The second-order valence-corrected chi connectivity index (χ2v) is 6.19. The maximum atomic E-state index is 12.2. The maximum Gasteiger partial charge on any atom is 0.412 e. The lowest BCUT2D eigenvalue weighted by Gasteiger charge is -2.17. The Morgan fingerprint density at radius 1 is 1.15 bits per heavy atom. The summed E-state index contributed by atoms with van der Waals surface area (Å²) >= 11 is 1.60. The number of rotatable bonds is 7. The average Bonchev–Trinajstić information content (AvgIpc) is 2.62. The maximum absolute atomic E-state index is 12.2. The number of carboxylic acid groups (broad SMARTS) is 1. The minimum Gasteiger partial charge on any atom is -0.508 e. The van der Waals surface area contributed by atoms with Crippen LogP contribution in [0, 0.1) is 0 Å². The molecule has 7 heteroatoms. The molecule has 0 aliphatic heterocycles. The number of hydrogen-bond acceptors (Lipinski definition) is 5. The van der Waals surface area contributed by atoms with Crippen molar-refractivity contribution in [3.8, 4) is 5.75 Å². The van der Waals surface area contributed by atoms with E-state index in [-0.39, 0.29) is 12.2 Å². The van der Waals surface area contributed by atoms with Crippen molar-refractivity contribution in [3.63, 3.8) is 0 Å². The van der Waals surface area contributed by atoms with E-state index in [2.05, 4.69) is 5.32 Å². The minimum absolute atomic E-state index is 0.0897. The van der Waals surface area contributed by atoms with Gasteiger partial charge in [0.05, 0.1) is 0 Å². The van der Waals surface area contributed by atoms with Crippen molar-refractivity contribution in [2.45, 2.75) is 17.4 Å². The van der Waals surface area contributed by atoms with Gasteiger partial charge in [-0.05, 0) is 48.2 Å². The normalized spacial score (nSPS) is 11.9. The van der Waals surface area contributed by atoms with Gasteiger partial charge < -0.3 is 14.9 Å². The van der Waals surface area contributed by atoms with Crippen LogP contribution >= 0.6 is 11.8 Å². The van der Waals surface area contributed by atoms with Crippen molar-refractivity contribution < 1.29 is 24.5 Å². The Labute approximate surface area is 155 Å². The van der Waals surface area contributed by atoms with Crippen molar-refractivity contribution in [1.29, 1.82) is 0 Å². The summed E-state index contributed by atoms with van der Waals surface area (Å²) in [7, 11) is 0. The number of amides is 1. The van der Waals surface area contributed by atoms with Crippen molar-refractivity contribution in [2.24, 2.45) is 0 Å². The number of benzene rings is 2. The molecule has 0 heterocycles. The van der Waals surface area contributed by atoms with Crippen molar-refractivity contribution in [2.75, 3.05) is 11.6 Å². The van der Waals surface area contributed by atoms with Gasteiger partial charge in [-0.25, -0.2) is 9.59 Å². The van der Waals surface area contributed by atoms with Gasteiger partial charge in [-0.1, -0.05) is 18.2 Å². The third-order valence-corrected chi connectivity index (χ3v) is 4.20. The molecule has 0 fully saturated rings. The number of phenols is 1. The molecule has 26 heavy (non-hydrogen) atoms. The highest BCUT2D eigenvalue weighted by Gasteiger charge is 2.16. The van der Waals surface area contributed by atoms with Gasteiger partial charge in [0, 0.05) is 23.1 Å². The van der Waals surface area contributed by atoms with Crippen LogP contribution in [-0.2, 0) is 9.53 Å². The van der Waals surface area contributed by atoms with Gasteiger partial charge in [0.2, 0.25) is 0 Å². The highest BCUT2D eigenvalue weighted by Crippen LogP contribution is 2.25. The van der Waals surface area contributed by atoms with Crippen molar-refractivity contribution in [3.05, 3.63) is 66.2 Å². The number of thioether (sulfide) groups is 1. The Morgan fingerprint density at radius 3 is 2.38 bits per heavy atom. The summed E-state index contributed by atoms with van der Waals surface area (Å²) in [5, 5.41) is 20.7. The zero-order chi connectivity index (χ0) is 18.9. The van der Waals surface area contributed by atoms with E-state index in [0.29, 0.717) is 11.3 Å². The summed E-state index contributed by atoms with van der Waals surface area (Å²) < 4.78 is 5.44. The zero-order valence-corrected chi connectivity index (χ0v) is 14.9. The third-order valence-electron chi connectivity index (χ3n) is 3.46. The second kappa shape index (κ2) is 9.53. The quantitative estimate of drug-likeness (QED) is 0.491. The van der Waals surface area contributed by atoms with E-state index in [1.165, 1.54) is 18.2 Å². The van der Waals surface area contributed by atoms with Crippen LogP contribution in [0.15, 0.2) is 65.6 Å². The molecule has 0 radical (unpaired) electrons. The Morgan fingerprint density at radius 2 is 1.81 bits per heavy atom. The Bertz CT molecular complexity index is 772. The van der Waals surface area contributed by atoms with Gasteiger partial charge in [0.25, 0.3) is 0 Å². The van der Waals surface area contributed by atoms with E-state index < -0.39 is 18.2 Å². The number of hydrogen-bond donors (Lipinski definition) is 3. The molecule has 2 rings (SSSR count). The lowest BCUT2D eigenvalue weighted by atomic mass is 10.1. The van der Waals surface area contributed by atoms with Crippen LogP contribution in [0.25, 0.3) is 0 Å². The second-order valence-electron chi connectivity index (χ2n) is 5.32. The number of carbonyl (C=O) groups is 2. The average molecular weight is 373 g/mol. The SMILES string of the molecule is CSc1ccc(NC(=O)O[C@H](C/C=C/C(=O)O)c2ccc(O)cc2)cc1. The first kappa shape index (κ1) is 19.4. The predicted octanol–water partition coefficient (Wildman–Crippen LogP) is 4.43. The summed E-state index contributed by atoms with van der Waals surface area (Å²) in [5.41, 5.74) is 1.24. The zero-order valence-electron chi connectivity index (χ0n) is 14.1. The number of ether oxygens (including phenoxy) is 1. The molecule has 2 aromatic rings. The summed E-state index contributed by atoms with van der Waals surface area (Å²) in [6.45, 7) is 0. The number of carbonyl (C=O) groups excluding carboxylic acids is 1. The number of nitrogens with one attached hydrogen (secondary N) is 1. The Hall–Kier alpha value is -2.93. The summed E-state index contributed by atoms with van der Waals surface area (Å²) in [5.74, 6) is -0.986. The first-order valence-corrected chi connectivity index (χ1v) is 9.00. The molecule has 136 valence electrons. The van der Waals surface area contributed by atoms with E-state index >= 15 is 0 Å². The molecule has 1 atom stereocenters. The lowest BCUT2D eigenvalue weighted by molar-refractivity contribution is -0.131. The molecule has 0 aromatic heterocycles. The van der Waals surface area contributed by atoms with Crippen LogP contribution in [0.3, 0.4) is 0 Å². The van der Waals surface area contributed by atoms with E-state index in [4.69, 9.17) is 9.84 Å². The first-order valence-electron chi connectivity index (χ1n) is 7.78. The summed E-state index contributed by atoms with van der Waals surface area (Å²) in [4.78, 5) is 23.9. The number of phenolic OH excluding ortho intramolecular Hbond substituents is 1. The fourth-order valence-corrected chi connectivity index (χ4v) is 2.59. The van der Waals surface area contributed by atoms with Crippen LogP contribution in [0.2, 0.25) is 0 Å². The molecule has 0 aliphatic rings. The van der Waals surface area contributed by atoms with Gasteiger partial charge in [-0.2, -0.15) is 0 Å². The summed E-state index contributed by atoms with van der Waals surface area (Å²) in [6.07, 6.45) is 3.23. The van der Waals surface area contributed by atoms with E-state index in [9.17, 15) is 14.7 Å². The summed E-state index contributed by atoms with van der Waals surface area (Å²) in [6, 6.07) is 13.5. The number of anilines is 1. The molecule has 0 unspecified atom stereocenters. The molecule has 1 amide bonds. The highest BCUT2D eigenvalue weighted by molar-refractivity contribution is 7.98. The minimum atomic E-state index is -1.08. The molecule has 0 aliphatic carbocycles. The highest BCUT2D eigenvalue weighted by atomic mass is 32.2. The monoisotopic (exact) mass is 373 g/mol. The van der Waals surface area contributed by atoms with Gasteiger partial charge >= 0.3 is 12.1 Å². The van der Waals surface area contributed by atoms with E-state index in [1.54, 1.807) is 36.0 Å². The molecule has 0 spiro atoms. The van der Waals surface area contributed by atoms with Crippen LogP contribution in [0.1, 0.15) is 18.1 Å². The topological polar surface area (TPSA) is 95.9 Å². The van der Waals surface area contributed by atoms with E-state index in [0.717, 1.165) is 11.0 Å². The number of aliphatic carboxylic acids is 1. The van der Waals surface area contributed by atoms with Crippen LogP contribution in [-0.4, -0.2) is 28.5 Å². The molecule has 2 aromatic carbocycles. The molecular weight excluding hydrogens is 354 g/mol. The largest absolute Gasteiger partial charge is 0.508 e. The molecule has 0 bridgehead atoms. The van der Waals surface area contributed by atoms with Gasteiger partial charge in [-0.3, -0.25) is 5.32 Å². The molecule has 0 saturated heterocycles. The molecular formula is C19H19NO5S. The van der Waals surface area contributed by atoms with Gasteiger partial charge in [-0.15, -0.1) is 11.8 Å². The lowest BCUT2D eigenvalue weighted by Crippen LogP contribution is -2.17. The van der Waals surface area contributed by atoms with Crippen molar-refractivity contribution in [1.82, 2.24) is 0 Å². The van der Waals surface area contributed by atoms with Crippen LogP contribution in [0.5, 0.6) is 5.75 Å². The van der Waals surface area contributed by atoms with Crippen molar-refractivity contribution >= 4 is 29.5 Å². The van der Waals surface area contributed by atoms with Gasteiger partial charge in [0.15, 0.2) is 0 Å². The fraction of sp³-hybridized carbons (Fsp3) is 0.158. The Kier molecular flexibility index (Phi) is 7.11. The number of carboxylic acids is 1. The number of aromatic hydroxyl groups is 1. The molecule has 0 saturated carbocycles. The third kappa shape index (κ3) is 6.18. The Balaban J connectivity index is 2.07. The molecule has 6 nitrogen and oxygen atoms in total. The fourth-order valence-electron chi connectivity index (χ4n) is 2.18. The van der Waals surface area contributed by atoms with Gasteiger partial charge in [0.1, 0.15) is 11.9 Å². The first-order chi connectivity index (χ1) is 12.5. The predicted molar refractivity (Wildman–Crippen MR) is 101 cm³/mol.